The fraction of sp³-hybridized carbons (Fsp3) is 0.696. The Morgan fingerprint density at radius 3 is 2.26 bits per heavy atom. The number of hydrogen-bond donors (Lipinski definition) is 1. The average molecular weight is 457 g/mol. The van der Waals surface area contributed by atoms with Crippen LogP contribution in [0.5, 0.6) is 0 Å². The van der Waals surface area contributed by atoms with Gasteiger partial charge in [-0.2, -0.15) is 12.7 Å². The molecule has 31 heavy (non-hydrogen) atoms. The molecule has 7 nitrogen and oxygen atoms in total. The van der Waals surface area contributed by atoms with Crippen LogP contribution in [0.25, 0.3) is 0 Å². The van der Waals surface area contributed by atoms with Gasteiger partial charge in [-0.1, -0.05) is 51.2 Å². The number of unbranched alkanes of at least 4 members (excludes halogenated alkanes) is 5. The molecule has 1 N–H and O–H groups in total. The van der Waals surface area contributed by atoms with Gasteiger partial charge in [-0.3, -0.25) is 9.10 Å². The van der Waals surface area contributed by atoms with Gasteiger partial charge in [0.2, 0.25) is 0 Å². The molecule has 1 rings (SSSR count). The summed E-state index contributed by atoms with van der Waals surface area (Å²) >= 11 is 0. The Morgan fingerprint density at radius 1 is 1.06 bits per heavy atom. The highest BCUT2D eigenvalue weighted by atomic mass is 32.2. The lowest BCUT2D eigenvalue weighted by atomic mass is 10.0. The quantitative estimate of drug-likeness (QED) is 0.322. The summed E-state index contributed by atoms with van der Waals surface area (Å²) in [5.74, 6) is -1.01. The van der Waals surface area contributed by atoms with Gasteiger partial charge in [0.25, 0.3) is 0 Å². The van der Waals surface area contributed by atoms with Crippen molar-refractivity contribution in [2.75, 3.05) is 46.1 Å². The van der Waals surface area contributed by atoms with Crippen molar-refractivity contribution in [2.24, 2.45) is 0 Å². The van der Waals surface area contributed by atoms with Crippen LogP contribution in [0.15, 0.2) is 24.3 Å². The van der Waals surface area contributed by atoms with Crippen molar-refractivity contribution in [3.05, 3.63) is 29.8 Å². The lowest BCUT2D eigenvalue weighted by Gasteiger charge is -2.35. The third-order valence-electron chi connectivity index (χ3n) is 5.49. The second kappa shape index (κ2) is 12.4. The van der Waals surface area contributed by atoms with Crippen LogP contribution >= 0.6 is 0 Å². The maximum Gasteiger partial charge on any atom is 0.305 e. The summed E-state index contributed by atoms with van der Waals surface area (Å²) in [6.45, 7) is 2.60. The van der Waals surface area contributed by atoms with Crippen molar-refractivity contribution in [3.63, 3.8) is 0 Å². The van der Waals surface area contributed by atoms with Crippen molar-refractivity contribution >= 4 is 21.9 Å². The number of quaternary nitrogens is 1. The van der Waals surface area contributed by atoms with E-state index < -0.39 is 22.2 Å². The van der Waals surface area contributed by atoms with E-state index in [1.807, 2.05) is 39.3 Å². The number of likely N-dealkylation sites (N-methyl/N-ethyl adjacent to an activating group) is 2. The van der Waals surface area contributed by atoms with Crippen LogP contribution in [-0.2, 0) is 21.4 Å². The van der Waals surface area contributed by atoms with E-state index in [1.165, 1.54) is 54.8 Å². The van der Waals surface area contributed by atoms with Crippen LogP contribution in [0.3, 0.4) is 0 Å². The molecule has 1 aromatic carbocycles. The number of anilines is 1. The summed E-state index contributed by atoms with van der Waals surface area (Å²) in [6.07, 6.45) is 7.99. The van der Waals surface area contributed by atoms with E-state index in [0.717, 1.165) is 18.4 Å². The zero-order valence-corrected chi connectivity index (χ0v) is 21.0. The largest absolute Gasteiger partial charge is 0.481 e. The van der Waals surface area contributed by atoms with Gasteiger partial charge in [-0.05, 0) is 30.5 Å². The smallest absolute Gasteiger partial charge is 0.305 e. The van der Waals surface area contributed by atoms with E-state index >= 15 is 0 Å². The fourth-order valence-electron chi connectivity index (χ4n) is 3.67. The first kappa shape index (κ1) is 27.4. The van der Waals surface area contributed by atoms with E-state index in [9.17, 15) is 18.3 Å². The zero-order valence-electron chi connectivity index (χ0n) is 20.2. The summed E-state index contributed by atoms with van der Waals surface area (Å²) in [7, 11) is 4.89. The van der Waals surface area contributed by atoms with Gasteiger partial charge in [0.15, 0.2) is 0 Å². The van der Waals surface area contributed by atoms with E-state index in [4.69, 9.17) is 0 Å². The van der Waals surface area contributed by atoms with E-state index in [2.05, 4.69) is 6.92 Å². The lowest BCUT2D eigenvalue weighted by molar-refractivity contribution is -0.872. The number of carboxylic acids is 1. The molecule has 0 amide bonds. The van der Waals surface area contributed by atoms with Crippen LogP contribution in [0.1, 0.15) is 57.4 Å². The number of benzene rings is 1. The zero-order chi connectivity index (χ0) is 23.7. The molecule has 0 aliphatic heterocycles. The second-order valence-corrected chi connectivity index (χ2v) is 11.4. The number of carboxylic acid groups (broad SMARTS) is 1. The number of carbonyl (C=O) groups is 1. The van der Waals surface area contributed by atoms with E-state index in [1.54, 1.807) is 6.07 Å². The molecule has 0 saturated heterocycles. The molecule has 0 aliphatic rings. The van der Waals surface area contributed by atoms with Crippen molar-refractivity contribution < 1.29 is 22.8 Å². The first-order chi connectivity index (χ1) is 14.4. The van der Waals surface area contributed by atoms with Gasteiger partial charge in [0, 0.05) is 14.1 Å². The Labute approximate surface area is 189 Å². The molecule has 0 spiro atoms. The van der Waals surface area contributed by atoms with Crippen molar-refractivity contribution in [3.8, 4) is 0 Å². The highest BCUT2D eigenvalue weighted by Gasteiger charge is 2.34. The highest BCUT2D eigenvalue weighted by Crippen LogP contribution is 2.23. The number of nitrogens with zero attached hydrogens (tertiary/aromatic N) is 3. The average Bonchev–Trinajstić information content (AvgIpc) is 2.67. The SMILES string of the molecule is CCCCCCCCc1cccc(N(C)S(=O)(=O)N(C)[C@H](CC(=O)O)C[N+](C)(C)C)c1. The van der Waals surface area contributed by atoms with Crippen LogP contribution < -0.4 is 4.31 Å². The molecule has 0 aromatic heterocycles. The topological polar surface area (TPSA) is 77.9 Å². The van der Waals surface area contributed by atoms with Crippen LogP contribution in [0.2, 0.25) is 0 Å². The monoisotopic (exact) mass is 456 g/mol. The first-order valence-corrected chi connectivity index (χ1v) is 12.6. The van der Waals surface area contributed by atoms with Crippen LogP contribution in [-0.4, -0.2) is 76.1 Å². The molecule has 1 atom stereocenters. The number of hydrogen-bond acceptors (Lipinski definition) is 3. The van der Waals surface area contributed by atoms with Crippen molar-refractivity contribution in [1.82, 2.24) is 4.31 Å². The van der Waals surface area contributed by atoms with Crippen LogP contribution in [0.4, 0.5) is 5.69 Å². The standard InChI is InChI=1S/C23H41N3O4S/c1-7-8-9-10-11-12-14-20-15-13-16-21(17-20)24(2)31(29,30)25(3)22(18-23(27)28)19-26(4,5)6/h13,15-17,22H,7-12,14,18-19H2,1-6H3/p+1/t22-/m1/s1. The normalized spacial score (nSPS) is 13.4. The van der Waals surface area contributed by atoms with Gasteiger partial charge in [0.05, 0.1) is 45.8 Å². The predicted octanol–water partition coefficient (Wildman–Crippen LogP) is 3.75. The molecule has 0 unspecified atom stereocenters. The molecule has 8 heteroatoms. The summed E-state index contributed by atoms with van der Waals surface area (Å²) in [5.41, 5.74) is 1.71. The van der Waals surface area contributed by atoms with Gasteiger partial charge >= 0.3 is 16.2 Å². The number of aliphatic carboxylic acids is 1. The van der Waals surface area contributed by atoms with Gasteiger partial charge in [-0.15, -0.1) is 0 Å². The molecule has 0 heterocycles. The molecule has 0 fully saturated rings. The molecular weight excluding hydrogens is 414 g/mol. The Kier molecular flexibility index (Phi) is 11.0. The summed E-state index contributed by atoms with van der Waals surface area (Å²) < 4.78 is 29.4. The number of aryl methyl sites for hydroxylation is 1. The number of rotatable bonds is 15. The second-order valence-electron chi connectivity index (χ2n) is 9.40. The van der Waals surface area contributed by atoms with Crippen molar-refractivity contribution in [1.29, 1.82) is 0 Å². The highest BCUT2D eigenvalue weighted by molar-refractivity contribution is 7.90. The van der Waals surface area contributed by atoms with Crippen LogP contribution in [0, 0.1) is 0 Å². The summed E-state index contributed by atoms with van der Waals surface area (Å²) in [6, 6.07) is 6.97. The molecule has 0 radical (unpaired) electrons. The Balaban J connectivity index is 2.91. The summed E-state index contributed by atoms with van der Waals surface area (Å²) in [4.78, 5) is 11.4. The minimum Gasteiger partial charge on any atom is -0.481 e. The molecular formula is C23H42N3O4S+. The third-order valence-corrected chi connectivity index (χ3v) is 7.42. The minimum atomic E-state index is -3.87. The Bertz CT molecular complexity index is 790. The molecule has 178 valence electrons. The molecule has 1 aromatic rings. The van der Waals surface area contributed by atoms with Crippen molar-refractivity contribution in [2.45, 2.75) is 64.3 Å². The van der Waals surface area contributed by atoms with Gasteiger partial charge in [-0.25, -0.2) is 0 Å². The molecule has 0 saturated carbocycles. The predicted molar refractivity (Wildman–Crippen MR) is 128 cm³/mol. The van der Waals surface area contributed by atoms with Gasteiger partial charge < -0.3 is 9.59 Å². The maximum atomic E-state index is 13.3. The minimum absolute atomic E-state index is 0.239. The Hall–Kier alpha value is -1.64. The maximum absolute atomic E-state index is 13.3. The molecule has 0 aliphatic carbocycles. The van der Waals surface area contributed by atoms with Gasteiger partial charge in [0.1, 0.15) is 0 Å². The fourth-order valence-corrected chi connectivity index (χ4v) is 4.96. The summed E-state index contributed by atoms with van der Waals surface area (Å²) in [5, 5.41) is 9.30. The van der Waals surface area contributed by atoms with E-state index in [0.29, 0.717) is 16.7 Å². The Morgan fingerprint density at radius 2 is 1.68 bits per heavy atom. The van der Waals surface area contributed by atoms with E-state index in [-0.39, 0.29) is 6.42 Å². The molecule has 0 bridgehead atoms. The third kappa shape index (κ3) is 9.58. The lowest BCUT2D eigenvalue weighted by Crippen LogP contribution is -2.53. The first-order valence-electron chi connectivity index (χ1n) is 11.2.